The van der Waals surface area contributed by atoms with Crippen LogP contribution in [0.15, 0.2) is 66.9 Å². The highest BCUT2D eigenvalue weighted by Crippen LogP contribution is 2.19. The second kappa shape index (κ2) is 8.95. The Bertz CT molecular complexity index is 1090. The molecule has 0 aliphatic carbocycles. The Labute approximate surface area is 180 Å². The summed E-state index contributed by atoms with van der Waals surface area (Å²) in [5, 5.41) is 2.66. The van der Waals surface area contributed by atoms with Gasteiger partial charge in [-0.05, 0) is 42.8 Å². The van der Waals surface area contributed by atoms with E-state index in [1.54, 1.807) is 18.3 Å². The number of carbonyl (C=O) groups is 2. The van der Waals surface area contributed by atoms with Crippen LogP contribution in [0.3, 0.4) is 0 Å². The minimum atomic E-state index is -0.567. The number of pyridine rings is 1. The van der Waals surface area contributed by atoms with Crippen LogP contribution in [0.2, 0.25) is 0 Å². The number of aromatic nitrogens is 1. The lowest BCUT2D eigenvalue weighted by atomic mass is 10.1. The quantitative estimate of drug-likeness (QED) is 0.701. The van der Waals surface area contributed by atoms with Gasteiger partial charge >= 0.3 is 0 Å². The second-order valence-electron chi connectivity index (χ2n) is 7.43. The molecule has 31 heavy (non-hydrogen) atoms. The molecule has 0 spiro atoms. The van der Waals surface area contributed by atoms with Gasteiger partial charge in [-0.2, -0.15) is 0 Å². The number of hydrogen-bond donors (Lipinski definition) is 1. The van der Waals surface area contributed by atoms with E-state index < -0.39 is 11.7 Å². The van der Waals surface area contributed by atoms with Crippen molar-refractivity contribution in [2.24, 2.45) is 0 Å². The SMILES string of the molecule is Cc1ccccc1C(=O)N1CCN(c2ccc(NC(=O)c3ccccc3F)cn2)CC1. The van der Waals surface area contributed by atoms with Crippen LogP contribution in [0.5, 0.6) is 0 Å². The average Bonchev–Trinajstić information content (AvgIpc) is 2.80. The van der Waals surface area contributed by atoms with Gasteiger partial charge in [0.2, 0.25) is 0 Å². The number of hydrogen-bond acceptors (Lipinski definition) is 4. The number of halogens is 1. The number of anilines is 2. The predicted octanol–water partition coefficient (Wildman–Crippen LogP) is 3.74. The van der Waals surface area contributed by atoms with Gasteiger partial charge in [-0.1, -0.05) is 30.3 Å². The van der Waals surface area contributed by atoms with E-state index in [2.05, 4.69) is 15.2 Å². The molecule has 0 atom stereocenters. The second-order valence-corrected chi connectivity index (χ2v) is 7.43. The average molecular weight is 418 g/mol. The molecule has 2 aromatic carbocycles. The van der Waals surface area contributed by atoms with Gasteiger partial charge in [-0.25, -0.2) is 9.37 Å². The summed E-state index contributed by atoms with van der Waals surface area (Å²) in [5.74, 6) is -0.262. The summed E-state index contributed by atoms with van der Waals surface area (Å²) >= 11 is 0. The van der Waals surface area contributed by atoms with Crippen LogP contribution in [0, 0.1) is 12.7 Å². The summed E-state index contributed by atoms with van der Waals surface area (Å²) in [5.41, 5.74) is 2.19. The van der Waals surface area contributed by atoms with Crippen LogP contribution in [0.25, 0.3) is 0 Å². The zero-order valence-corrected chi connectivity index (χ0v) is 17.2. The number of piperazine rings is 1. The molecule has 6 nitrogen and oxygen atoms in total. The van der Waals surface area contributed by atoms with Gasteiger partial charge in [0.1, 0.15) is 11.6 Å². The Balaban J connectivity index is 1.35. The van der Waals surface area contributed by atoms with E-state index in [0.29, 0.717) is 31.9 Å². The number of carbonyl (C=O) groups excluding carboxylic acids is 2. The highest BCUT2D eigenvalue weighted by atomic mass is 19.1. The molecule has 0 bridgehead atoms. The van der Waals surface area contributed by atoms with Crippen LogP contribution in [-0.4, -0.2) is 47.9 Å². The smallest absolute Gasteiger partial charge is 0.258 e. The molecule has 158 valence electrons. The first kappa shape index (κ1) is 20.5. The number of rotatable bonds is 4. The van der Waals surface area contributed by atoms with Crippen molar-refractivity contribution in [3.8, 4) is 0 Å². The third kappa shape index (κ3) is 4.55. The number of nitrogens with one attached hydrogen (secondary N) is 1. The molecule has 3 aromatic rings. The highest BCUT2D eigenvalue weighted by molar-refractivity contribution is 6.04. The van der Waals surface area contributed by atoms with Crippen molar-refractivity contribution in [2.75, 3.05) is 36.4 Å². The topological polar surface area (TPSA) is 65.5 Å². The van der Waals surface area contributed by atoms with E-state index in [-0.39, 0.29) is 11.5 Å². The first-order chi connectivity index (χ1) is 15.0. The Morgan fingerprint density at radius 3 is 2.23 bits per heavy atom. The Kier molecular flexibility index (Phi) is 5.93. The third-order valence-electron chi connectivity index (χ3n) is 5.39. The van der Waals surface area contributed by atoms with Crippen molar-refractivity contribution in [3.63, 3.8) is 0 Å². The summed E-state index contributed by atoms with van der Waals surface area (Å²) in [4.78, 5) is 33.4. The standard InChI is InChI=1S/C24H23FN4O2/c1-17-6-2-3-7-19(17)24(31)29-14-12-28(13-15-29)22-11-10-18(16-26-22)27-23(30)20-8-4-5-9-21(20)25/h2-11,16H,12-15H2,1H3,(H,27,30). The normalized spacial score (nSPS) is 13.7. The molecule has 1 N–H and O–H groups in total. The first-order valence-electron chi connectivity index (χ1n) is 10.1. The van der Waals surface area contributed by atoms with Crippen molar-refractivity contribution in [3.05, 3.63) is 89.4 Å². The van der Waals surface area contributed by atoms with Crippen LogP contribution in [-0.2, 0) is 0 Å². The molecule has 1 aromatic heterocycles. The fourth-order valence-corrected chi connectivity index (χ4v) is 3.61. The molecule has 1 fully saturated rings. The lowest BCUT2D eigenvalue weighted by molar-refractivity contribution is 0.0745. The number of aryl methyl sites for hydroxylation is 1. The van der Waals surface area contributed by atoms with Crippen molar-refractivity contribution >= 4 is 23.3 Å². The van der Waals surface area contributed by atoms with Gasteiger partial charge in [0.15, 0.2) is 0 Å². The van der Waals surface area contributed by atoms with Crippen LogP contribution in [0.4, 0.5) is 15.9 Å². The minimum Gasteiger partial charge on any atom is -0.353 e. The van der Waals surface area contributed by atoms with E-state index in [0.717, 1.165) is 16.9 Å². The Morgan fingerprint density at radius 1 is 0.903 bits per heavy atom. The third-order valence-corrected chi connectivity index (χ3v) is 5.39. The van der Waals surface area contributed by atoms with E-state index in [1.807, 2.05) is 42.2 Å². The maximum atomic E-state index is 13.8. The Hall–Kier alpha value is -3.74. The lowest BCUT2D eigenvalue weighted by Gasteiger charge is -2.35. The van der Waals surface area contributed by atoms with Crippen LogP contribution < -0.4 is 10.2 Å². The largest absolute Gasteiger partial charge is 0.353 e. The summed E-state index contributed by atoms with van der Waals surface area (Å²) < 4.78 is 13.8. The molecule has 2 amide bonds. The fraction of sp³-hybridized carbons (Fsp3) is 0.208. The summed E-state index contributed by atoms with van der Waals surface area (Å²) in [6.07, 6.45) is 1.55. The van der Waals surface area contributed by atoms with Crippen molar-refractivity contribution in [1.82, 2.24) is 9.88 Å². The van der Waals surface area contributed by atoms with Crippen molar-refractivity contribution in [1.29, 1.82) is 0 Å². The molecule has 0 radical (unpaired) electrons. The molecule has 1 saturated heterocycles. The molecule has 1 aliphatic heterocycles. The van der Waals surface area contributed by atoms with Gasteiger partial charge in [-0.15, -0.1) is 0 Å². The number of benzene rings is 2. The number of amides is 2. The molecule has 4 rings (SSSR count). The van der Waals surface area contributed by atoms with Crippen molar-refractivity contribution in [2.45, 2.75) is 6.92 Å². The van der Waals surface area contributed by atoms with Gasteiger partial charge in [0, 0.05) is 31.7 Å². The molecule has 2 heterocycles. The van der Waals surface area contributed by atoms with Gasteiger partial charge < -0.3 is 15.1 Å². The molecular weight excluding hydrogens is 395 g/mol. The molecular formula is C24H23FN4O2. The monoisotopic (exact) mass is 418 g/mol. The maximum absolute atomic E-state index is 13.8. The van der Waals surface area contributed by atoms with Crippen LogP contribution >= 0.6 is 0 Å². The fourth-order valence-electron chi connectivity index (χ4n) is 3.61. The van der Waals surface area contributed by atoms with E-state index in [1.165, 1.54) is 18.2 Å². The zero-order valence-electron chi connectivity index (χ0n) is 17.2. The van der Waals surface area contributed by atoms with Crippen LogP contribution in [0.1, 0.15) is 26.3 Å². The minimum absolute atomic E-state index is 0.0129. The van der Waals surface area contributed by atoms with Gasteiger partial charge in [0.25, 0.3) is 11.8 Å². The number of nitrogens with zero attached hydrogens (tertiary/aromatic N) is 3. The van der Waals surface area contributed by atoms with Gasteiger partial charge in [-0.3, -0.25) is 9.59 Å². The van der Waals surface area contributed by atoms with E-state index in [9.17, 15) is 14.0 Å². The van der Waals surface area contributed by atoms with E-state index >= 15 is 0 Å². The first-order valence-corrected chi connectivity index (χ1v) is 10.1. The zero-order chi connectivity index (χ0) is 21.8. The summed E-state index contributed by atoms with van der Waals surface area (Å²) in [7, 11) is 0. The van der Waals surface area contributed by atoms with E-state index in [4.69, 9.17) is 0 Å². The Morgan fingerprint density at radius 2 is 1.58 bits per heavy atom. The summed E-state index contributed by atoms with van der Waals surface area (Å²) in [6, 6.07) is 17.0. The molecule has 0 unspecified atom stereocenters. The molecule has 0 saturated carbocycles. The molecule has 1 aliphatic rings. The molecule has 7 heteroatoms. The predicted molar refractivity (Wildman–Crippen MR) is 118 cm³/mol. The van der Waals surface area contributed by atoms with Gasteiger partial charge in [0.05, 0.1) is 17.4 Å². The van der Waals surface area contributed by atoms with Crippen molar-refractivity contribution < 1.29 is 14.0 Å². The summed E-state index contributed by atoms with van der Waals surface area (Å²) in [6.45, 7) is 4.51. The lowest BCUT2D eigenvalue weighted by Crippen LogP contribution is -2.49. The highest BCUT2D eigenvalue weighted by Gasteiger charge is 2.23. The maximum Gasteiger partial charge on any atom is 0.258 e.